The zero-order chi connectivity index (χ0) is 11.8. The van der Waals surface area contributed by atoms with Crippen molar-refractivity contribution in [2.24, 2.45) is 0 Å². The smallest absolute Gasteiger partial charge is 0.239 e. The van der Waals surface area contributed by atoms with Crippen molar-refractivity contribution in [2.75, 3.05) is 0 Å². The lowest BCUT2D eigenvalue weighted by atomic mass is 10.3. The van der Waals surface area contributed by atoms with Crippen molar-refractivity contribution < 1.29 is 21.6 Å². The van der Waals surface area contributed by atoms with Crippen LogP contribution in [0.25, 0.3) is 0 Å². The van der Waals surface area contributed by atoms with E-state index < -0.39 is 35.5 Å². The van der Waals surface area contributed by atoms with Gasteiger partial charge in [-0.15, -0.1) is 0 Å². The molecule has 1 heterocycles. The molecule has 0 fully saturated rings. The van der Waals surface area contributed by atoms with Crippen LogP contribution in [0.3, 0.4) is 0 Å². The Morgan fingerprint density at radius 3 is 2.40 bits per heavy atom. The Hall–Kier alpha value is -0.0900. The van der Waals surface area contributed by atoms with Crippen LogP contribution in [-0.2, 0) is 9.05 Å². The van der Waals surface area contributed by atoms with Crippen LogP contribution in [0.15, 0.2) is 11.2 Å². The van der Waals surface area contributed by atoms with Crippen molar-refractivity contribution in [2.45, 2.75) is 11.5 Å². The van der Waals surface area contributed by atoms with E-state index in [0.29, 0.717) is 6.20 Å². The van der Waals surface area contributed by atoms with Crippen LogP contribution < -0.4 is 0 Å². The fourth-order valence-electron chi connectivity index (χ4n) is 0.832. The molecule has 1 rings (SSSR count). The van der Waals surface area contributed by atoms with E-state index in [9.17, 15) is 21.6 Å². The standard InChI is InChI=1S/C6H2ClF3INO2S/c7-15(13,14)6-4(11)3(5(9)10)2(8)1-12-6/h1,5H. The molecule has 0 aliphatic carbocycles. The van der Waals surface area contributed by atoms with E-state index in [-0.39, 0.29) is 0 Å². The van der Waals surface area contributed by atoms with Crippen molar-refractivity contribution in [1.82, 2.24) is 4.98 Å². The molecule has 0 aliphatic heterocycles. The largest absolute Gasteiger partial charge is 0.279 e. The maximum atomic E-state index is 12.9. The highest BCUT2D eigenvalue weighted by Gasteiger charge is 2.26. The van der Waals surface area contributed by atoms with Gasteiger partial charge in [-0.1, -0.05) is 0 Å². The lowest BCUT2D eigenvalue weighted by molar-refractivity contribution is 0.144. The monoisotopic (exact) mass is 371 g/mol. The van der Waals surface area contributed by atoms with Crippen molar-refractivity contribution in [1.29, 1.82) is 0 Å². The number of rotatable bonds is 2. The zero-order valence-electron chi connectivity index (χ0n) is 6.72. The Kier molecular flexibility index (Phi) is 3.82. The quantitative estimate of drug-likeness (QED) is 0.593. The summed E-state index contributed by atoms with van der Waals surface area (Å²) in [6.07, 6.45) is -2.73. The fraction of sp³-hybridized carbons (Fsp3) is 0.167. The first-order valence-corrected chi connectivity index (χ1v) is 6.70. The Labute approximate surface area is 101 Å². The van der Waals surface area contributed by atoms with E-state index in [2.05, 4.69) is 4.98 Å². The van der Waals surface area contributed by atoms with Crippen molar-refractivity contribution in [3.05, 3.63) is 21.1 Å². The molecule has 0 spiro atoms. The lowest BCUT2D eigenvalue weighted by Gasteiger charge is -2.06. The molecule has 3 nitrogen and oxygen atoms in total. The molecular weight excluding hydrogens is 369 g/mol. The van der Waals surface area contributed by atoms with E-state index in [1.165, 1.54) is 22.6 Å². The third kappa shape index (κ3) is 2.72. The molecule has 0 amide bonds. The average Bonchev–Trinajstić information content (AvgIpc) is 2.00. The predicted molar refractivity (Wildman–Crippen MR) is 54.9 cm³/mol. The molecule has 84 valence electrons. The van der Waals surface area contributed by atoms with Gasteiger partial charge in [0.15, 0.2) is 10.8 Å². The molecule has 15 heavy (non-hydrogen) atoms. The highest BCUT2D eigenvalue weighted by molar-refractivity contribution is 14.1. The second-order valence-electron chi connectivity index (χ2n) is 2.38. The van der Waals surface area contributed by atoms with Crippen LogP contribution >= 0.6 is 33.3 Å². The van der Waals surface area contributed by atoms with Crippen LogP contribution in [0, 0.1) is 9.39 Å². The average molecular weight is 372 g/mol. The van der Waals surface area contributed by atoms with Gasteiger partial charge in [-0.3, -0.25) is 0 Å². The maximum absolute atomic E-state index is 12.9. The zero-order valence-corrected chi connectivity index (χ0v) is 10.4. The lowest BCUT2D eigenvalue weighted by Crippen LogP contribution is -2.05. The summed E-state index contributed by atoms with van der Waals surface area (Å²) >= 11 is 1.26. The second kappa shape index (κ2) is 4.42. The third-order valence-corrected chi connectivity index (χ3v) is 4.09. The summed E-state index contributed by atoms with van der Waals surface area (Å²) in [6.45, 7) is 0. The normalized spacial score (nSPS) is 12.1. The van der Waals surface area contributed by atoms with E-state index >= 15 is 0 Å². The Morgan fingerprint density at radius 2 is 2.00 bits per heavy atom. The van der Waals surface area contributed by atoms with Crippen LogP contribution in [0.4, 0.5) is 13.2 Å². The van der Waals surface area contributed by atoms with Crippen LogP contribution in [0.5, 0.6) is 0 Å². The first-order chi connectivity index (χ1) is 6.75. The molecule has 9 heteroatoms. The summed E-state index contributed by atoms with van der Waals surface area (Å²) in [5.74, 6) is -1.27. The molecule has 0 aliphatic rings. The highest BCUT2D eigenvalue weighted by Crippen LogP contribution is 2.31. The number of alkyl halides is 2. The summed E-state index contributed by atoms with van der Waals surface area (Å²) in [7, 11) is 0.678. The van der Waals surface area contributed by atoms with E-state index in [1.54, 1.807) is 0 Å². The van der Waals surface area contributed by atoms with Crippen LogP contribution in [0.2, 0.25) is 0 Å². The number of hydrogen-bond donors (Lipinski definition) is 0. The predicted octanol–water partition coefficient (Wildman–Crippen LogP) is 2.69. The van der Waals surface area contributed by atoms with Gasteiger partial charge in [-0.05, 0) is 22.6 Å². The minimum atomic E-state index is -4.25. The van der Waals surface area contributed by atoms with E-state index in [1.807, 2.05) is 0 Å². The fourth-order valence-corrected chi connectivity index (χ4v) is 3.58. The molecular formula is C6H2ClF3INO2S. The second-order valence-corrected chi connectivity index (χ2v) is 5.94. The summed E-state index contributed by atoms with van der Waals surface area (Å²) in [5, 5.41) is -0.763. The van der Waals surface area contributed by atoms with Gasteiger partial charge in [0.25, 0.3) is 15.5 Å². The van der Waals surface area contributed by atoms with E-state index in [0.717, 1.165) is 0 Å². The van der Waals surface area contributed by atoms with Crippen LogP contribution in [-0.4, -0.2) is 13.4 Å². The third-order valence-electron chi connectivity index (χ3n) is 1.43. The Morgan fingerprint density at radius 1 is 1.47 bits per heavy atom. The molecule has 0 unspecified atom stereocenters. The number of pyridine rings is 1. The summed E-state index contributed by atoms with van der Waals surface area (Å²) in [4.78, 5) is 3.16. The Balaban J connectivity index is 3.56. The van der Waals surface area contributed by atoms with Gasteiger partial charge in [0.05, 0.1) is 15.3 Å². The summed E-state index contributed by atoms with van der Waals surface area (Å²) in [5.41, 5.74) is -1.01. The molecule has 0 saturated heterocycles. The maximum Gasteiger partial charge on any atom is 0.279 e. The van der Waals surface area contributed by atoms with Crippen LogP contribution in [0.1, 0.15) is 12.0 Å². The van der Waals surface area contributed by atoms with Crippen molar-refractivity contribution in [3.63, 3.8) is 0 Å². The molecule has 0 aromatic carbocycles. The van der Waals surface area contributed by atoms with Gasteiger partial charge in [0.1, 0.15) is 0 Å². The number of hydrogen-bond acceptors (Lipinski definition) is 3. The molecule has 0 bridgehead atoms. The topological polar surface area (TPSA) is 47.0 Å². The minimum absolute atomic E-state index is 0.402. The summed E-state index contributed by atoms with van der Waals surface area (Å²) in [6, 6.07) is 0. The molecule has 0 saturated carbocycles. The van der Waals surface area contributed by atoms with Gasteiger partial charge in [-0.25, -0.2) is 26.6 Å². The molecule has 0 atom stereocenters. The van der Waals surface area contributed by atoms with Gasteiger partial charge >= 0.3 is 0 Å². The molecule has 1 aromatic rings. The number of aromatic nitrogens is 1. The van der Waals surface area contributed by atoms with Gasteiger partial charge in [0, 0.05) is 10.7 Å². The van der Waals surface area contributed by atoms with Crippen molar-refractivity contribution >= 4 is 42.3 Å². The first-order valence-electron chi connectivity index (χ1n) is 3.32. The number of nitrogens with zero attached hydrogens (tertiary/aromatic N) is 1. The SMILES string of the molecule is O=S(=O)(Cl)c1ncc(F)c(C(F)F)c1I. The van der Waals surface area contributed by atoms with Gasteiger partial charge < -0.3 is 0 Å². The Bertz CT molecular complexity index is 493. The molecule has 0 radical (unpaired) electrons. The van der Waals surface area contributed by atoms with Gasteiger partial charge in [-0.2, -0.15) is 0 Å². The highest BCUT2D eigenvalue weighted by atomic mass is 127. The molecule has 1 aromatic heterocycles. The van der Waals surface area contributed by atoms with Crippen molar-refractivity contribution in [3.8, 4) is 0 Å². The van der Waals surface area contributed by atoms with E-state index in [4.69, 9.17) is 10.7 Å². The minimum Gasteiger partial charge on any atom is -0.239 e. The molecule has 0 N–H and O–H groups in total. The summed E-state index contributed by atoms with van der Waals surface area (Å²) < 4.78 is 58.8. The number of halogens is 5. The first kappa shape index (κ1) is 13.0. The van der Waals surface area contributed by atoms with Gasteiger partial charge in [0.2, 0.25) is 0 Å².